The largest absolute Gasteiger partial charge is 0.430 e. The number of ether oxygens (including phenoxy) is 1. The molecule has 0 amide bonds. The predicted molar refractivity (Wildman–Crippen MR) is 120 cm³/mol. The minimum atomic E-state index is 0. The van der Waals surface area contributed by atoms with Gasteiger partial charge in [0.15, 0.2) is 5.82 Å². The molecule has 0 saturated heterocycles. The molecule has 1 heterocycles. The molecule has 0 aliphatic carbocycles. The first kappa shape index (κ1) is 22.6. The lowest BCUT2D eigenvalue weighted by Gasteiger charge is -2.16. The van der Waals surface area contributed by atoms with E-state index in [9.17, 15) is 0 Å². The lowest BCUT2D eigenvalue weighted by Crippen LogP contribution is -2.20. The maximum atomic E-state index is 6.05. The molecule has 28 heavy (non-hydrogen) atoms. The summed E-state index contributed by atoms with van der Waals surface area (Å²) in [4.78, 5) is 6.82. The molecule has 4 nitrogen and oxygen atoms in total. The molecule has 0 unspecified atom stereocenters. The molecule has 2 aromatic carbocycles. The van der Waals surface area contributed by atoms with E-state index in [2.05, 4.69) is 54.2 Å². The van der Waals surface area contributed by atoms with Crippen molar-refractivity contribution in [2.75, 3.05) is 20.1 Å². The van der Waals surface area contributed by atoms with E-state index >= 15 is 0 Å². The third kappa shape index (κ3) is 5.67. The Labute approximate surface area is 182 Å². The maximum Gasteiger partial charge on any atom is 0.299 e. The lowest BCUT2D eigenvalue weighted by atomic mass is 10.0. The van der Waals surface area contributed by atoms with Crippen LogP contribution in [0.4, 0.5) is 0 Å². The van der Waals surface area contributed by atoms with Crippen LogP contribution in [-0.2, 0) is 6.42 Å². The van der Waals surface area contributed by atoms with Crippen molar-refractivity contribution in [3.8, 4) is 22.3 Å². The highest BCUT2D eigenvalue weighted by Crippen LogP contribution is 2.31. The Balaban J connectivity index is 0.00000280. The van der Waals surface area contributed by atoms with Gasteiger partial charge in [-0.3, -0.25) is 0 Å². The fourth-order valence-electron chi connectivity index (χ4n) is 2.79. The summed E-state index contributed by atoms with van der Waals surface area (Å²) in [6.07, 6.45) is 1.04. The van der Waals surface area contributed by atoms with Crippen LogP contribution in [0.2, 0.25) is 5.02 Å². The minimum absolute atomic E-state index is 0. The van der Waals surface area contributed by atoms with Crippen LogP contribution in [0, 0.1) is 13.8 Å². The first-order chi connectivity index (χ1) is 13.0. The molecule has 0 bridgehead atoms. The van der Waals surface area contributed by atoms with Crippen molar-refractivity contribution in [3.63, 3.8) is 0 Å². The number of aryl methyl sites for hydroxylation is 2. The normalized spacial score (nSPS) is 10.8. The van der Waals surface area contributed by atoms with Gasteiger partial charge in [-0.1, -0.05) is 36.7 Å². The van der Waals surface area contributed by atoms with Gasteiger partial charge in [0.2, 0.25) is 0 Å². The average Bonchev–Trinajstić information content (AvgIpc) is 3.11. The second-order valence-electron chi connectivity index (χ2n) is 6.69. The summed E-state index contributed by atoms with van der Waals surface area (Å²) in [5.41, 5.74) is 4.59. The lowest BCUT2D eigenvalue weighted by molar-refractivity contribution is 0.357. The van der Waals surface area contributed by atoms with Gasteiger partial charge in [0.25, 0.3) is 5.19 Å². The Bertz CT molecular complexity index is 930. The van der Waals surface area contributed by atoms with E-state index < -0.39 is 0 Å². The fraction of sp³-hybridized carbons (Fsp3) is 0.333. The molecular formula is C21H25Cl2N3OS. The van der Waals surface area contributed by atoms with Crippen LogP contribution in [0.25, 0.3) is 11.4 Å². The summed E-state index contributed by atoms with van der Waals surface area (Å²) in [5.74, 6) is 1.46. The highest BCUT2D eigenvalue weighted by molar-refractivity contribution is 7.07. The highest BCUT2D eigenvalue weighted by atomic mass is 35.5. The van der Waals surface area contributed by atoms with Gasteiger partial charge < -0.3 is 9.64 Å². The third-order valence-electron chi connectivity index (χ3n) is 4.62. The van der Waals surface area contributed by atoms with Gasteiger partial charge in [0.1, 0.15) is 5.75 Å². The summed E-state index contributed by atoms with van der Waals surface area (Å²) < 4.78 is 10.4. The molecule has 0 spiro atoms. The van der Waals surface area contributed by atoms with Crippen molar-refractivity contribution in [3.05, 3.63) is 58.1 Å². The van der Waals surface area contributed by atoms with Crippen molar-refractivity contribution >= 4 is 35.5 Å². The van der Waals surface area contributed by atoms with E-state index in [0.29, 0.717) is 16.0 Å². The quantitative estimate of drug-likeness (QED) is 0.441. The van der Waals surface area contributed by atoms with Crippen LogP contribution in [-0.4, -0.2) is 34.4 Å². The molecule has 0 atom stereocenters. The van der Waals surface area contributed by atoms with Gasteiger partial charge in [-0.15, -0.1) is 12.4 Å². The van der Waals surface area contributed by atoms with E-state index in [1.54, 1.807) is 0 Å². The summed E-state index contributed by atoms with van der Waals surface area (Å²) in [6, 6.07) is 11.8. The number of hydrogen-bond acceptors (Lipinski definition) is 5. The van der Waals surface area contributed by atoms with Gasteiger partial charge in [-0.2, -0.15) is 9.36 Å². The van der Waals surface area contributed by atoms with Crippen molar-refractivity contribution in [1.29, 1.82) is 0 Å². The number of halogens is 2. The average molecular weight is 438 g/mol. The van der Waals surface area contributed by atoms with Crippen LogP contribution >= 0.6 is 35.5 Å². The molecule has 0 saturated carbocycles. The molecule has 0 fully saturated rings. The SMILES string of the molecule is CCN(C)CCc1cc(C)c(Oc2nc(-c3cccc(Cl)c3)ns2)cc1C.Cl. The summed E-state index contributed by atoms with van der Waals surface area (Å²) in [7, 11) is 2.15. The third-order valence-corrected chi connectivity index (χ3v) is 5.45. The molecular weight excluding hydrogens is 413 g/mol. The second kappa shape index (κ2) is 10.2. The number of benzene rings is 2. The number of rotatable bonds is 7. The van der Waals surface area contributed by atoms with Gasteiger partial charge in [0.05, 0.1) is 0 Å². The molecule has 0 radical (unpaired) electrons. The maximum absolute atomic E-state index is 6.05. The van der Waals surface area contributed by atoms with E-state index in [4.69, 9.17) is 16.3 Å². The van der Waals surface area contributed by atoms with Crippen molar-refractivity contribution in [2.24, 2.45) is 0 Å². The molecule has 3 rings (SSSR count). The van der Waals surface area contributed by atoms with Crippen LogP contribution in [0.1, 0.15) is 23.6 Å². The van der Waals surface area contributed by atoms with Crippen LogP contribution in [0.5, 0.6) is 10.9 Å². The molecule has 150 valence electrons. The minimum Gasteiger partial charge on any atom is -0.430 e. The van der Waals surface area contributed by atoms with Crippen molar-refractivity contribution in [1.82, 2.24) is 14.3 Å². The van der Waals surface area contributed by atoms with E-state index in [-0.39, 0.29) is 12.4 Å². The number of nitrogens with zero attached hydrogens (tertiary/aromatic N) is 3. The highest BCUT2D eigenvalue weighted by Gasteiger charge is 2.12. The molecule has 7 heteroatoms. The Kier molecular flexibility index (Phi) is 8.25. The smallest absolute Gasteiger partial charge is 0.299 e. The zero-order valence-corrected chi connectivity index (χ0v) is 18.9. The van der Waals surface area contributed by atoms with Gasteiger partial charge in [0, 0.05) is 28.7 Å². The van der Waals surface area contributed by atoms with E-state index in [0.717, 1.165) is 36.4 Å². The molecule has 0 aliphatic rings. The van der Waals surface area contributed by atoms with Crippen LogP contribution < -0.4 is 4.74 Å². The van der Waals surface area contributed by atoms with E-state index in [1.165, 1.54) is 22.7 Å². The first-order valence-corrected chi connectivity index (χ1v) is 10.2. The number of likely N-dealkylation sites (N-methyl/N-ethyl adjacent to an activating group) is 1. The summed E-state index contributed by atoms with van der Waals surface area (Å²) in [5, 5.41) is 1.20. The molecule has 0 N–H and O–H groups in total. The molecule has 0 aliphatic heterocycles. The standard InChI is InChI=1S/C21H24ClN3OS.ClH/c1-5-25(4)10-9-16-11-15(3)19(12-14(16)2)26-21-23-20(24-27-21)17-7-6-8-18(22)13-17;/h6-8,11-13H,5,9-10H2,1-4H3;1H. The molecule has 3 aromatic rings. The van der Waals surface area contributed by atoms with Gasteiger partial charge in [-0.05, 0) is 68.8 Å². The Morgan fingerprint density at radius 3 is 2.64 bits per heavy atom. The molecule has 1 aromatic heterocycles. The van der Waals surface area contributed by atoms with Crippen molar-refractivity contribution < 1.29 is 4.74 Å². The van der Waals surface area contributed by atoms with Gasteiger partial charge in [-0.25, -0.2) is 0 Å². The fourth-order valence-corrected chi connectivity index (χ4v) is 3.54. The second-order valence-corrected chi connectivity index (χ2v) is 7.84. The monoisotopic (exact) mass is 437 g/mol. The zero-order chi connectivity index (χ0) is 19.4. The number of hydrogen-bond donors (Lipinski definition) is 0. The van der Waals surface area contributed by atoms with Crippen LogP contribution in [0.15, 0.2) is 36.4 Å². The topological polar surface area (TPSA) is 38.2 Å². The van der Waals surface area contributed by atoms with Crippen molar-refractivity contribution in [2.45, 2.75) is 27.2 Å². The van der Waals surface area contributed by atoms with Gasteiger partial charge >= 0.3 is 0 Å². The Morgan fingerprint density at radius 1 is 1.14 bits per heavy atom. The summed E-state index contributed by atoms with van der Waals surface area (Å²) in [6.45, 7) is 8.49. The zero-order valence-electron chi connectivity index (χ0n) is 16.5. The number of aromatic nitrogens is 2. The predicted octanol–water partition coefficient (Wildman–Crippen LogP) is 6.18. The van der Waals surface area contributed by atoms with E-state index in [1.807, 2.05) is 24.3 Å². The first-order valence-electron chi connectivity index (χ1n) is 9.02. The Morgan fingerprint density at radius 2 is 1.93 bits per heavy atom. The summed E-state index contributed by atoms with van der Waals surface area (Å²) >= 11 is 7.30. The Hall–Kier alpha value is -1.66. The van der Waals surface area contributed by atoms with Crippen LogP contribution in [0.3, 0.4) is 0 Å².